The van der Waals surface area contributed by atoms with Crippen molar-refractivity contribution >= 4 is 27.5 Å². The van der Waals surface area contributed by atoms with Crippen LogP contribution in [0.2, 0.25) is 0 Å². The number of aromatic nitrogens is 2. The number of benzene rings is 3. The first-order valence-electron chi connectivity index (χ1n) is 12.4. The van der Waals surface area contributed by atoms with Crippen molar-refractivity contribution in [3.63, 3.8) is 0 Å². The molecule has 0 spiro atoms. The van der Waals surface area contributed by atoms with Crippen LogP contribution >= 0.6 is 0 Å². The molecular formula is C32H29N4OPt-3. The molecule has 0 saturated heterocycles. The van der Waals surface area contributed by atoms with Crippen LogP contribution in [0.15, 0.2) is 79.3 Å². The number of rotatable bonds is 4. The summed E-state index contributed by atoms with van der Waals surface area (Å²) in [4.78, 5) is 8.74. The molecule has 0 N–H and O–H groups in total. The van der Waals surface area contributed by atoms with Crippen LogP contribution < -0.4 is 9.64 Å². The van der Waals surface area contributed by atoms with Gasteiger partial charge in [-0.25, -0.2) is 4.98 Å². The van der Waals surface area contributed by atoms with Crippen molar-refractivity contribution in [1.82, 2.24) is 14.5 Å². The van der Waals surface area contributed by atoms with E-state index >= 15 is 0 Å². The van der Waals surface area contributed by atoms with Crippen molar-refractivity contribution in [3.8, 4) is 17.3 Å². The van der Waals surface area contributed by atoms with Crippen LogP contribution in [0.1, 0.15) is 31.9 Å². The Morgan fingerprint density at radius 3 is 2.45 bits per heavy atom. The summed E-state index contributed by atoms with van der Waals surface area (Å²) < 4.78 is 8.59. The molecule has 6 rings (SSSR count). The average Bonchev–Trinajstić information content (AvgIpc) is 3.44. The van der Waals surface area contributed by atoms with Gasteiger partial charge >= 0.3 is 0 Å². The molecule has 5 aromatic rings. The molecule has 6 heteroatoms. The van der Waals surface area contributed by atoms with Crippen LogP contribution in [0.25, 0.3) is 27.6 Å². The minimum Gasteiger partial charge on any atom is -0.510 e. The quantitative estimate of drug-likeness (QED) is 0.184. The van der Waals surface area contributed by atoms with Gasteiger partial charge in [-0.05, 0) is 60.9 Å². The van der Waals surface area contributed by atoms with E-state index < -0.39 is 0 Å². The molecule has 0 unspecified atom stereocenters. The molecule has 5 nitrogen and oxygen atoms in total. The fourth-order valence-corrected chi connectivity index (χ4v) is 4.68. The van der Waals surface area contributed by atoms with E-state index in [-0.39, 0.29) is 26.5 Å². The van der Waals surface area contributed by atoms with E-state index in [0.717, 1.165) is 38.9 Å². The third kappa shape index (κ3) is 4.83. The van der Waals surface area contributed by atoms with Crippen molar-refractivity contribution in [3.05, 3.63) is 109 Å². The van der Waals surface area contributed by atoms with Gasteiger partial charge in [-0.2, -0.15) is 12.7 Å². The van der Waals surface area contributed by atoms with E-state index in [0.29, 0.717) is 11.5 Å². The summed E-state index contributed by atoms with van der Waals surface area (Å²) in [5.74, 6) is 2.16. The first kappa shape index (κ1) is 26.1. The second-order valence-electron chi connectivity index (χ2n) is 10.6. The number of para-hydroxylation sites is 1. The predicted octanol–water partition coefficient (Wildman–Crippen LogP) is 7.52. The second kappa shape index (κ2) is 9.96. The van der Waals surface area contributed by atoms with E-state index in [4.69, 9.17) is 4.74 Å². The van der Waals surface area contributed by atoms with Crippen LogP contribution in [0.4, 0.5) is 5.69 Å². The number of anilines is 1. The number of hydrogen-bond acceptors (Lipinski definition) is 4. The molecule has 1 aliphatic rings. The summed E-state index contributed by atoms with van der Waals surface area (Å²) in [7, 11) is 2.01. The predicted molar refractivity (Wildman–Crippen MR) is 150 cm³/mol. The summed E-state index contributed by atoms with van der Waals surface area (Å²) in [5, 5.41) is 2.27. The molecule has 0 aliphatic carbocycles. The molecule has 0 saturated carbocycles. The topological polar surface area (TPSA) is 33.5 Å². The van der Waals surface area contributed by atoms with Crippen molar-refractivity contribution < 1.29 is 25.8 Å². The van der Waals surface area contributed by atoms with Crippen LogP contribution in [-0.4, -0.2) is 21.5 Å². The van der Waals surface area contributed by atoms with Gasteiger partial charge in [0.15, 0.2) is 0 Å². The Labute approximate surface area is 238 Å². The van der Waals surface area contributed by atoms with E-state index in [2.05, 4.69) is 103 Å². The summed E-state index contributed by atoms with van der Waals surface area (Å²) in [6, 6.07) is 27.8. The van der Waals surface area contributed by atoms with Gasteiger partial charge in [0.25, 0.3) is 0 Å². The Kier molecular flexibility index (Phi) is 6.83. The largest absolute Gasteiger partial charge is 0.510 e. The van der Waals surface area contributed by atoms with Crippen LogP contribution in [-0.2, 0) is 26.5 Å². The van der Waals surface area contributed by atoms with Crippen molar-refractivity contribution in [2.45, 2.75) is 33.1 Å². The second-order valence-corrected chi connectivity index (χ2v) is 10.6. The zero-order chi connectivity index (χ0) is 25.7. The third-order valence-corrected chi connectivity index (χ3v) is 6.65. The van der Waals surface area contributed by atoms with Crippen LogP contribution in [0, 0.1) is 25.7 Å². The smallest absolute Gasteiger partial charge is 0.135 e. The molecule has 196 valence electrons. The maximum Gasteiger partial charge on any atom is 0.135 e. The molecule has 0 fully saturated rings. The summed E-state index contributed by atoms with van der Waals surface area (Å²) in [6.07, 6.45) is 5.88. The normalized spacial score (nSPS) is 13.4. The Hall–Kier alpha value is -3.56. The fraction of sp³-hybridized carbons (Fsp3) is 0.188. The van der Waals surface area contributed by atoms with E-state index in [9.17, 15) is 0 Å². The first-order valence-corrected chi connectivity index (χ1v) is 12.4. The van der Waals surface area contributed by atoms with Crippen molar-refractivity contribution in [2.75, 3.05) is 11.9 Å². The van der Waals surface area contributed by atoms with Gasteiger partial charge in [0.1, 0.15) is 5.82 Å². The zero-order valence-electron chi connectivity index (χ0n) is 22.1. The number of fused-ring (bicyclic) bond motifs is 3. The van der Waals surface area contributed by atoms with Gasteiger partial charge in [0, 0.05) is 44.3 Å². The molecular weight excluding hydrogens is 651 g/mol. The van der Waals surface area contributed by atoms with E-state index in [1.807, 2.05) is 49.3 Å². The Morgan fingerprint density at radius 1 is 0.895 bits per heavy atom. The standard InChI is InChI=1S/C32H29N4O.Pt/c1-22-12-13-33-31(16-22)36-29-9-7-6-8-27(29)28-11-10-25(20-30(28)36)37-26-18-23(32(2,3)4)17-24(19-26)35-15-14-34(5)21-35;/h6-18,21H,1-5H3;/q-3;. The van der Waals surface area contributed by atoms with E-state index in [1.165, 1.54) is 5.56 Å². The Balaban J connectivity index is 0.00000294. The fourth-order valence-electron chi connectivity index (χ4n) is 4.68. The first-order chi connectivity index (χ1) is 17.8. The van der Waals surface area contributed by atoms with Gasteiger partial charge in [-0.1, -0.05) is 44.5 Å². The molecule has 3 aromatic carbocycles. The Bertz CT molecular complexity index is 1660. The molecule has 38 heavy (non-hydrogen) atoms. The van der Waals surface area contributed by atoms with Gasteiger partial charge in [-0.15, -0.1) is 47.0 Å². The van der Waals surface area contributed by atoms with Crippen LogP contribution in [0.5, 0.6) is 11.5 Å². The average molecular weight is 681 g/mol. The SMILES string of the molecule is Cc1ccnc(-n2c3[c-]c(Oc4[c-]c(N5C=CN(C)[CH-]5)cc(C(C)(C)C)c4)ccc3c3ccccc32)c1.[Pt]. The van der Waals surface area contributed by atoms with Crippen molar-refractivity contribution in [1.29, 1.82) is 0 Å². The molecule has 2 aromatic heterocycles. The molecule has 1 aliphatic heterocycles. The van der Waals surface area contributed by atoms with Crippen LogP contribution in [0.3, 0.4) is 0 Å². The Morgan fingerprint density at radius 2 is 1.71 bits per heavy atom. The van der Waals surface area contributed by atoms with Gasteiger partial charge in [0.05, 0.1) is 0 Å². The summed E-state index contributed by atoms with van der Waals surface area (Å²) in [5.41, 5.74) is 5.24. The molecule has 0 atom stereocenters. The molecule has 3 heterocycles. The summed E-state index contributed by atoms with van der Waals surface area (Å²) >= 11 is 0. The number of ether oxygens (including phenoxy) is 1. The minimum absolute atomic E-state index is 0. The van der Waals surface area contributed by atoms with E-state index in [1.54, 1.807) is 0 Å². The number of aryl methyl sites for hydroxylation is 1. The maximum absolute atomic E-state index is 6.44. The molecule has 0 radical (unpaired) electrons. The minimum atomic E-state index is -0.0474. The van der Waals surface area contributed by atoms with Gasteiger partial charge < -0.3 is 19.1 Å². The third-order valence-electron chi connectivity index (χ3n) is 6.65. The molecule has 0 bridgehead atoms. The number of pyridine rings is 1. The zero-order valence-corrected chi connectivity index (χ0v) is 24.4. The van der Waals surface area contributed by atoms with Crippen molar-refractivity contribution in [2.24, 2.45) is 0 Å². The monoisotopic (exact) mass is 680 g/mol. The number of hydrogen-bond donors (Lipinski definition) is 0. The van der Waals surface area contributed by atoms with Gasteiger partial charge in [-0.3, -0.25) is 0 Å². The van der Waals surface area contributed by atoms with Gasteiger partial charge in [0.2, 0.25) is 0 Å². The molecule has 0 amide bonds. The number of nitrogens with zero attached hydrogens (tertiary/aromatic N) is 4. The maximum atomic E-state index is 6.44. The summed E-state index contributed by atoms with van der Waals surface area (Å²) in [6.45, 7) is 10.7.